The Morgan fingerprint density at radius 1 is 1.42 bits per heavy atom. The Bertz CT molecular complexity index is 478. The predicted octanol–water partition coefficient (Wildman–Crippen LogP) is 1.06. The average molecular weight is 164 g/mol. The third-order valence-electron chi connectivity index (χ3n) is 1.58. The summed E-state index contributed by atoms with van der Waals surface area (Å²) in [6, 6.07) is 4.12. The summed E-state index contributed by atoms with van der Waals surface area (Å²) >= 11 is 0. The van der Waals surface area contributed by atoms with Crippen LogP contribution in [-0.4, -0.2) is 9.97 Å². The van der Waals surface area contributed by atoms with Crippen LogP contribution in [0.15, 0.2) is 29.2 Å². The molecular weight excluding hydrogens is 159 g/mol. The lowest BCUT2D eigenvalue weighted by Crippen LogP contribution is -2.08. The van der Waals surface area contributed by atoms with Gasteiger partial charge in [0.05, 0.1) is 5.52 Å². The molecule has 0 aliphatic carbocycles. The number of halogens is 1. The van der Waals surface area contributed by atoms with Gasteiger partial charge in [0, 0.05) is 11.6 Å². The topological polar surface area (TPSA) is 45.8 Å². The minimum Gasteiger partial charge on any atom is -0.305 e. The van der Waals surface area contributed by atoms with Gasteiger partial charge < -0.3 is 4.98 Å². The second-order valence-electron chi connectivity index (χ2n) is 2.42. The summed E-state index contributed by atoms with van der Waals surface area (Å²) in [5.41, 5.74) is 0.172. The van der Waals surface area contributed by atoms with Crippen LogP contribution in [0.3, 0.4) is 0 Å². The fraction of sp³-hybridized carbons (Fsp3) is 0. The number of nitrogens with one attached hydrogen (secondary N) is 1. The molecule has 0 aliphatic heterocycles. The molecule has 1 aromatic carbocycles. The van der Waals surface area contributed by atoms with Crippen molar-refractivity contribution in [1.82, 2.24) is 9.97 Å². The first-order valence-corrected chi connectivity index (χ1v) is 3.40. The molecule has 1 aromatic heterocycles. The summed E-state index contributed by atoms with van der Waals surface area (Å²) in [6.45, 7) is 0. The SMILES string of the molecule is O=c1ncc2cc(F)ccc2[nH]1. The first-order chi connectivity index (χ1) is 5.75. The van der Waals surface area contributed by atoms with Gasteiger partial charge in [0.2, 0.25) is 0 Å². The average Bonchev–Trinajstić information content (AvgIpc) is 2.05. The Balaban J connectivity index is 2.87. The van der Waals surface area contributed by atoms with Crippen molar-refractivity contribution in [3.05, 3.63) is 40.7 Å². The van der Waals surface area contributed by atoms with E-state index in [1.165, 1.54) is 24.4 Å². The van der Waals surface area contributed by atoms with Gasteiger partial charge in [-0.2, -0.15) is 0 Å². The van der Waals surface area contributed by atoms with Gasteiger partial charge >= 0.3 is 5.69 Å². The molecule has 0 spiro atoms. The third kappa shape index (κ3) is 1.07. The third-order valence-corrected chi connectivity index (χ3v) is 1.58. The van der Waals surface area contributed by atoms with Crippen LogP contribution < -0.4 is 5.69 Å². The van der Waals surface area contributed by atoms with E-state index in [0.717, 1.165) is 0 Å². The maximum atomic E-state index is 12.6. The Kier molecular flexibility index (Phi) is 1.40. The zero-order valence-corrected chi connectivity index (χ0v) is 6.04. The molecule has 0 saturated heterocycles. The van der Waals surface area contributed by atoms with E-state index >= 15 is 0 Å². The highest BCUT2D eigenvalue weighted by Gasteiger charge is 1.95. The molecule has 0 fully saturated rings. The van der Waals surface area contributed by atoms with Gasteiger partial charge in [0.1, 0.15) is 5.82 Å². The van der Waals surface area contributed by atoms with Crippen LogP contribution in [0.2, 0.25) is 0 Å². The predicted molar refractivity (Wildman–Crippen MR) is 42.3 cm³/mol. The molecule has 60 valence electrons. The van der Waals surface area contributed by atoms with Crippen LogP contribution in [0.5, 0.6) is 0 Å². The minimum atomic E-state index is -0.422. The summed E-state index contributed by atoms with van der Waals surface area (Å²) < 4.78 is 12.6. The van der Waals surface area contributed by atoms with E-state index in [-0.39, 0.29) is 5.82 Å². The lowest BCUT2D eigenvalue weighted by Gasteiger charge is -1.94. The first-order valence-electron chi connectivity index (χ1n) is 3.40. The molecule has 0 aliphatic rings. The van der Waals surface area contributed by atoms with Gasteiger partial charge in [-0.25, -0.2) is 14.2 Å². The van der Waals surface area contributed by atoms with Crippen molar-refractivity contribution in [3.8, 4) is 0 Å². The van der Waals surface area contributed by atoms with Crippen molar-refractivity contribution < 1.29 is 4.39 Å². The molecule has 1 N–H and O–H groups in total. The summed E-state index contributed by atoms with van der Waals surface area (Å²) in [5.74, 6) is -0.337. The van der Waals surface area contributed by atoms with E-state index in [9.17, 15) is 9.18 Å². The monoisotopic (exact) mass is 164 g/mol. The number of nitrogens with zero attached hydrogens (tertiary/aromatic N) is 1. The zero-order valence-electron chi connectivity index (χ0n) is 6.04. The molecule has 0 saturated carbocycles. The maximum Gasteiger partial charge on any atom is 0.345 e. The fourth-order valence-corrected chi connectivity index (χ4v) is 1.03. The van der Waals surface area contributed by atoms with Crippen molar-refractivity contribution in [1.29, 1.82) is 0 Å². The molecule has 3 nitrogen and oxygen atoms in total. The summed E-state index contributed by atoms with van der Waals surface area (Å²) in [6.07, 6.45) is 1.34. The Labute approximate surface area is 66.9 Å². The molecule has 1 heterocycles. The number of aromatic nitrogens is 2. The molecule has 0 radical (unpaired) electrons. The molecule has 0 unspecified atom stereocenters. The highest BCUT2D eigenvalue weighted by molar-refractivity contribution is 5.76. The summed E-state index contributed by atoms with van der Waals surface area (Å²) in [5, 5.41) is 0.592. The fourth-order valence-electron chi connectivity index (χ4n) is 1.03. The molecule has 0 atom stereocenters. The normalized spacial score (nSPS) is 10.4. The smallest absolute Gasteiger partial charge is 0.305 e. The quantitative estimate of drug-likeness (QED) is 0.632. The van der Waals surface area contributed by atoms with Crippen molar-refractivity contribution in [2.24, 2.45) is 0 Å². The highest BCUT2D eigenvalue weighted by Crippen LogP contribution is 2.09. The molecule has 12 heavy (non-hydrogen) atoms. The van der Waals surface area contributed by atoms with Crippen molar-refractivity contribution in [2.45, 2.75) is 0 Å². The number of hydrogen-bond acceptors (Lipinski definition) is 2. The second-order valence-corrected chi connectivity index (χ2v) is 2.42. The molecule has 0 amide bonds. The van der Waals surface area contributed by atoms with Gasteiger partial charge in [0.25, 0.3) is 0 Å². The second kappa shape index (κ2) is 2.41. The van der Waals surface area contributed by atoms with Crippen molar-refractivity contribution in [2.75, 3.05) is 0 Å². The summed E-state index contributed by atoms with van der Waals surface area (Å²) in [7, 11) is 0. The number of aromatic amines is 1. The van der Waals surface area contributed by atoms with Gasteiger partial charge in [-0.15, -0.1) is 0 Å². The molecule has 2 aromatic rings. The van der Waals surface area contributed by atoms with Crippen LogP contribution in [0.1, 0.15) is 0 Å². The molecular formula is C8H5FN2O. The summed E-state index contributed by atoms with van der Waals surface area (Å²) in [4.78, 5) is 16.7. The van der Waals surface area contributed by atoms with Crippen molar-refractivity contribution in [3.63, 3.8) is 0 Å². The maximum absolute atomic E-state index is 12.6. The van der Waals surface area contributed by atoms with Crippen LogP contribution >= 0.6 is 0 Å². The van der Waals surface area contributed by atoms with Crippen molar-refractivity contribution >= 4 is 10.9 Å². The van der Waals surface area contributed by atoms with Gasteiger partial charge in [-0.3, -0.25) is 0 Å². The number of hydrogen-bond donors (Lipinski definition) is 1. The Morgan fingerprint density at radius 2 is 2.25 bits per heavy atom. The minimum absolute atomic E-state index is 0.337. The van der Waals surface area contributed by atoms with Crippen LogP contribution in [0, 0.1) is 5.82 Å². The van der Waals surface area contributed by atoms with E-state index < -0.39 is 5.69 Å². The van der Waals surface area contributed by atoms with E-state index in [1.807, 2.05) is 0 Å². The first kappa shape index (κ1) is 6.97. The Morgan fingerprint density at radius 3 is 3.08 bits per heavy atom. The van der Waals surface area contributed by atoms with Crippen LogP contribution in [0.25, 0.3) is 10.9 Å². The molecule has 2 rings (SSSR count). The molecule has 4 heteroatoms. The van der Waals surface area contributed by atoms with E-state index in [0.29, 0.717) is 10.9 Å². The highest BCUT2D eigenvalue weighted by atomic mass is 19.1. The lowest BCUT2D eigenvalue weighted by molar-refractivity contribution is 0.629. The van der Waals surface area contributed by atoms with E-state index in [1.54, 1.807) is 0 Å². The van der Waals surface area contributed by atoms with E-state index in [4.69, 9.17) is 0 Å². The van der Waals surface area contributed by atoms with Gasteiger partial charge in [0.15, 0.2) is 0 Å². The zero-order chi connectivity index (χ0) is 8.55. The van der Waals surface area contributed by atoms with E-state index in [2.05, 4.69) is 9.97 Å². The van der Waals surface area contributed by atoms with Gasteiger partial charge in [-0.05, 0) is 18.2 Å². The lowest BCUT2D eigenvalue weighted by atomic mass is 10.2. The number of benzene rings is 1. The number of rotatable bonds is 0. The molecule has 0 bridgehead atoms. The standard InChI is InChI=1S/C8H5FN2O/c9-6-1-2-7-5(3-6)4-10-8(12)11-7/h1-4H,(H,10,11,12). The number of H-pyrrole nitrogens is 1. The van der Waals surface area contributed by atoms with Gasteiger partial charge in [-0.1, -0.05) is 0 Å². The Hall–Kier alpha value is -1.71. The van der Waals surface area contributed by atoms with Crippen LogP contribution in [0.4, 0.5) is 4.39 Å². The largest absolute Gasteiger partial charge is 0.345 e. The van der Waals surface area contributed by atoms with Crippen LogP contribution in [-0.2, 0) is 0 Å². The number of fused-ring (bicyclic) bond motifs is 1.